The summed E-state index contributed by atoms with van der Waals surface area (Å²) in [5, 5.41) is 0. The molecule has 0 amide bonds. The minimum absolute atomic E-state index is 1.06. The Labute approximate surface area is 80.0 Å². The SMILES string of the molecule is Cc1cc(Br)cc(C=[C]Cl)c1. The third-order valence-corrected chi connectivity index (χ3v) is 1.85. The molecule has 0 aromatic heterocycles. The maximum absolute atomic E-state index is 5.32. The molecule has 57 valence electrons. The molecule has 1 rings (SSSR count). The topological polar surface area (TPSA) is 0 Å². The van der Waals surface area contributed by atoms with E-state index in [9.17, 15) is 0 Å². The lowest BCUT2D eigenvalue weighted by Gasteiger charge is -1.96. The highest BCUT2D eigenvalue weighted by Crippen LogP contribution is 2.16. The Morgan fingerprint density at radius 2 is 2.18 bits per heavy atom. The predicted molar refractivity (Wildman–Crippen MR) is 52.4 cm³/mol. The minimum Gasteiger partial charge on any atom is -0.0827 e. The van der Waals surface area contributed by atoms with E-state index in [0.717, 1.165) is 10.0 Å². The third kappa shape index (κ3) is 2.68. The van der Waals surface area contributed by atoms with Crippen LogP contribution in [-0.2, 0) is 0 Å². The van der Waals surface area contributed by atoms with Crippen molar-refractivity contribution in [3.8, 4) is 0 Å². The average molecular weight is 231 g/mol. The highest BCUT2D eigenvalue weighted by Gasteiger charge is 1.91. The Balaban J connectivity index is 3.08. The molecule has 0 N–H and O–H groups in total. The van der Waals surface area contributed by atoms with Gasteiger partial charge in [0.25, 0.3) is 0 Å². The normalized spacial score (nSPS) is 10.8. The molecule has 0 aliphatic heterocycles. The highest BCUT2D eigenvalue weighted by atomic mass is 79.9. The fraction of sp³-hybridized carbons (Fsp3) is 0.111. The van der Waals surface area contributed by atoms with Gasteiger partial charge in [-0.2, -0.15) is 0 Å². The van der Waals surface area contributed by atoms with Crippen molar-refractivity contribution in [1.82, 2.24) is 0 Å². The van der Waals surface area contributed by atoms with Crippen molar-refractivity contribution in [2.24, 2.45) is 0 Å². The second kappa shape index (κ2) is 3.93. The van der Waals surface area contributed by atoms with Crippen molar-refractivity contribution < 1.29 is 0 Å². The molecule has 1 aromatic carbocycles. The van der Waals surface area contributed by atoms with Gasteiger partial charge in [-0.1, -0.05) is 33.6 Å². The summed E-state index contributed by atoms with van der Waals surface area (Å²) in [6, 6.07) is 6.08. The zero-order valence-corrected chi connectivity index (χ0v) is 8.41. The van der Waals surface area contributed by atoms with Crippen LogP contribution < -0.4 is 0 Å². The first-order valence-electron chi connectivity index (χ1n) is 3.19. The number of hydrogen-bond donors (Lipinski definition) is 0. The molecule has 0 bridgehead atoms. The Bertz CT molecular complexity index is 259. The van der Waals surface area contributed by atoms with E-state index in [-0.39, 0.29) is 0 Å². The Hall–Kier alpha value is -0.270. The molecule has 0 saturated heterocycles. The summed E-state index contributed by atoms with van der Waals surface area (Å²) in [6.07, 6.45) is 1.74. The fourth-order valence-corrected chi connectivity index (χ4v) is 1.66. The van der Waals surface area contributed by atoms with E-state index in [1.165, 1.54) is 5.56 Å². The summed E-state index contributed by atoms with van der Waals surface area (Å²) in [5.74, 6) is 0. The van der Waals surface area contributed by atoms with Gasteiger partial charge in [-0.25, -0.2) is 0 Å². The van der Waals surface area contributed by atoms with Gasteiger partial charge in [0, 0.05) is 4.47 Å². The number of benzene rings is 1. The standard InChI is InChI=1S/C9H7BrCl/c1-7-4-8(2-3-11)6-9(10)5-7/h2,4-6H,1H3. The summed E-state index contributed by atoms with van der Waals surface area (Å²) < 4.78 is 1.07. The zero-order valence-electron chi connectivity index (χ0n) is 6.07. The van der Waals surface area contributed by atoms with E-state index < -0.39 is 0 Å². The molecule has 0 atom stereocenters. The zero-order chi connectivity index (χ0) is 8.27. The lowest BCUT2D eigenvalue weighted by molar-refractivity contribution is 1.44. The van der Waals surface area contributed by atoms with Crippen molar-refractivity contribution in [2.75, 3.05) is 0 Å². The molecule has 0 spiro atoms. The van der Waals surface area contributed by atoms with Gasteiger partial charge < -0.3 is 0 Å². The molecule has 0 fully saturated rings. The monoisotopic (exact) mass is 229 g/mol. The number of aryl methyl sites for hydroxylation is 1. The predicted octanol–water partition coefficient (Wildman–Crippen LogP) is 3.77. The quantitative estimate of drug-likeness (QED) is 0.689. The van der Waals surface area contributed by atoms with E-state index >= 15 is 0 Å². The Kier molecular flexibility index (Phi) is 3.16. The first-order chi connectivity index (χ1) is 5.22. The molecule has 1 radical (unpaired) electrons. The molecular formula is C9H7BrCl. The van der Waals surface area contributed by atoms with Crippen LogP contribution in [0, 0.1) is 12.5 Å². The molecule has 0 nitrogen and oxygen atoms in total. The van der Waals surface area contributed by atoms with Gasteiger partial charge >= 0.3 is 0 Å². The maximum Gasteiger partial charge on any atom is 0.0598 e. The third-order valence-electron chi connectivity index (χ3n) is 1.29. The molecule has 0 aliphatic carbocycles. The van der Waals surface area contributed by atoms with Gasteiger partial charge in [0.2, 0.25) is 0 Å². The second-order valence-corrected chi connectivity index (χ2v) is 3.45. The van der Waals surface area contributed by atoms with Crippen molar-refractivity contribution >= 4 is 33.6 Å². The lowest BCUT2D eigenvalue weighted by Crippen LogP contribution is -1.76. The first kappa shape index (κ1) is 8.82. The molecule has 11 heavy (non-hydrogen) atoms. The average Bonchev–Trinajstić information content (AvgIpc) is 1.85. The molecule has 0 unspecified atom stereocenters. The van der Waals surface area contributed by atoms with Crippen LogP contribution in [0.2, 0.25) is 0 Å². The second-order valence-electron chi connectivity index (χ2n) is 2.32. The smallest absolute Gasteiger partial charge is 0.0598 e. The van der Waals surface area contributed by atoms with Gasteiger partial charge in [0.05, 0.1) is 5.54 Å². The van der Waals surface area contributed by atoms with E-state index in [1.807, 2.05) is 25.1 Å². The van der Waals surface area contributed by atoms with Crippen molar-refractivity contribution in [3.63, 3.8) is 0 Å². The highest BCUT2D eigenvalue weighted by molar-refractivity contribution is 9.10. The molecular weight excluding hydrogens is 223 g/mol. The van der Waals surface area contributed by atoms with E-state index in [1.54, 1.807) is 6.08 Å². The van der Waals surface area contributed by atoms with E-state index in [4.69, 9.17) is 11.6 Å². The van der Waals surface area contributed by atoms with Crippen LogP contribution >= 0.6 is 27.5 Å². The van der Waals surface area contributed by atoms with Crippen LogP contribution in [0.4, 0.5) is 0 Å². The van der Waals surface area contributed by atoms with Crippen molar-refractivity contribution in [3.05, 3.63) is 39.3 Å². The fourth-order valence-electron chi connectivity index (χ4n) is 0.911. The van der Waals surface area contributed by atoms with E-state index in [2.05, 4.69) is 21.5 Å². The maximum atomic E-state index is 5.32. The summed E-state index contributed by atoms with van der Waals surface area (Å²) >= 11 is 8.71. The lowest BCUT2D eigenvalue weighted by atomic mass is 10.1. The van der Waals surface area contributed by atoms with Crippen LogP contribution in [0.15, 0.2) is 22.7 Å². The van der Waals surface area contributed by atoms with Crippen LogP contribution in [-0.4, -0.2) is 0 Å². The van der Waals surface area contributed by atoms with Gasteiger partial charge in [-0.05, 0) is 36.3 Å². The molecule has 1 aromatic rings. The molecule has 0 aliphatic rings. The first-order valence-corrected chi connectivity index (χ1v) is 4.36. The minimum atomic E-state index is 1.06. The van der Waals surface area contributed by atoms with Crippen LogP contribution in [0.3, 0.4) is 0 Å². The Morgan fingerprint density at radius 3 is 2.73 bits per heavy atom. The summed E-state index contributed by atoms with van der Waals surface area (Å²) in [7, 11) is 0. The van der Waals surface area contributed by atoms with Crippen LogP contribution in [0.25, 0.3) is 6.08 Å². The van der Waals surface area contributed by atoms with Crippen LogP contribution in [0.5, 0.6) is 0 Å². The molecule has 0 saturated carbocycles. The number of hydrogen-bond acceptors (Lipinski definition) is 0. The summed E-state index contributed by atoms with van der Waals surface area (Å²) in [6.45, 7) is 2.04. The molecule has 0 heterocycles. The summed E-state index contributed by atoms with van der Waals surface area (Å²) in [4.78, 5) is 0. The van der Waals surface area contributed by atoms with Gasteiger partial charge in [0.1, 0.15) is 0 Å². The number of rotatable bonds is 1. The van der Waals surface area contributed by atoms with Crippen molar-refractivity contribution in [1.29, 1.82) is 0 Å². The van der Waals surface area contributed by atoms with Gasteiger partial charge in [-0.15, -0.1) is 0 Å². The van der Waals surface area contributed by atoms with Crippen LogP contribution in [0.1, 0.15) is 11.1 Å². The van der Waals surface area contributed by atoms with Crippen molar-refractivity contribution in [2.45, 2.75) is 6.92 Å². The summed E-state index contributed by atoms with van der Waals surface area (Å²) in [5.41, 5.74) is 4.73. The van der Waals surface area contributed by atoms with Gasteiger partial charge in [-0.3, -0.25) is 0 Å². The number of halogens is 2. The Morgan fingerprint density at radius 1 is 1.45 bits per heavy atom. The largest absolute Gasteiger partial charge is 0.0827 e. The molecule has 2 heteroatoms. The van der Waals surface area contributed by atoms with Gasteiger partial charge in [0.15, 0.2) is 0 Å². The van der Waals surface area contributed by atoms with E-state index in [0.29, 0.717) is 0 Å².